The highest BCUT2D eigenvalue weighted by Gasteiger charge is 2.19. The number of hydrogen-bond acceptors (Lipinski definition) is 4. The molecule has 0 bridgehead atoms. The number of nitrogen functional groups attached to an aromatic ring is 1. The van der Waals surface area contributed by atoms with Crippen molar-refractivity contribution < 1.29 is 4.79 Å². The molecule has 0 saturated carbocycles. The van der Waals surface area contributed by atoms with Gasteiger partial charge in [-0.25, -0.2) is 0 Å². The zero-order valence-corrected chi connectivity index (χ0v) is 14.8. The van der Waals surface area contributed by atoms with Gasteiger partial charge in [-0.3, -0.25) is 4.79 Å². The molecular weight excluding hydrogens is 314 g/mol. The Bertz CT molecular complexity index is 938. The van der Waals surface area contributed by atoms with Crippen LogP contribution in [0.1, 0.15) is 32.7 Å². The first kappa shape index (κ1) is 16.7. The van der Waals surface area contributed by atoms with Gasteiger partial charge in [0.05, 0.1) is 5.69 Å². The van der Waals surface area contributed by atoms with E-state index in [1.54, 1.807) is 0 Å². The lowest BCUT2D eigenvalue weighted by Crippen LogP contribution is -2.15. The number of hydrogen-bond donors (Lipinski definition) is 2. The van der Waals surface area contributed by atoms with Gasteiger partial charge in [-0.2, -0.15) is 4.68 Å². The van der Waals surface area contributed by atoms with Crippen molar-refractivity contribution in [3.05, 3.63) is 64.3 Å². The molecule has 0 saturated heterocycles. The van der Waals surface area contributed by atoms with E-state index in [1.807, 2.05) is 58.0 Å². The van der Waals surface area contributed by atoms with Crippen LogP contribution in [0.4, 0.5) is 11.5 Å². The van der Waals surface area contributed by atoms with Crippen LogP contribution in [0.5, 0.6) is 0 Å². The van der Waals surface area contributed by atoms with E-state index >= 15 is 0 Å². The minimum absolute atomic E-state index is 0.111. The fourth-order valence-electron chi connectivity index (χ4n) is 2.77. The Morgan fingerprint density at radius 1 is 1.00 bits per heavy atom. The van der Waals surface area contributed by atoms with Gasteiger partial charge in [0.2, 0.25) is 0 Å². The number of nitrogens with two attached hydrogens (primary N) is 1. The molecule has 0 radical (unpaired) electrons. The maximum Gasteiger partial charge on any atom is 0.280 e. The summed E-state index contributed by atoms with van der Waals surface area (Å²) in [5, 5.41) is 10.9. The molecule has 0 aliphatic heterocycles. The molecule has 3 aromatic rings. The fourth-order valence-corrected chi connectivity index (χ4v) is 2.77. The van der Waals surface area contributed by atoms with E-state index < -0.39 is 0 Å². The second kappa shape index (κ2) is 6.39. The Kier molecular flexibility index (Phi) is 4.27. The van der Waals surface area contributed by atoms with Crippen LogP contribution in [0, 0.1) is 27.7 Å². The maximum absolute atomic E-state index is 12.6. The second-order valence-electron chi connectivity index (χ2n) is 6.35. The van der Waals surface area contributed by atoms with Crippen LogP contribution in [0.3, 0.4) is 0 Å². The third-order valence-corrected chi connectivity index (χ3v) is 4.01. The zero-order valence-electron chi connectivity index (χ0n) is 14.8. The second-order valence-corrected chi connectivity index (χ2v) is 6.35. The summed E-state index contributed by atoms with van der Waals surface area (Å²) in [5.74, 6) is -0.158. The number of benzene rings is 2. The van der Waals surface area contributed by atoms with Crippen molar-refractivity contribution in [3.8, 4) is 5.69 Å². The minimum atomic E-state index is -0.373. The molecule has 0 fully saturated rings. The SMILES string of the molecule is Cc1cc(C)cc(-n2nnc(C(=O)Nc3cc(C)ccc3C)c2N)c1. The van der Waals surface area contributed by atoms with Crippen molar-refractivity contribution in [3.63, 3.8) is 0 Å². The van der Waals surface area contributed by atoms with E-state index in [0.717, 1.165) is 33.6 Å². The molecule has 25 heavy (non-hydrogen) atoms. The van der Waals surface area contributed by atoms with Crippen molar-refractivity contribution in [2.24, 2.45) is 0 Å². The number of nitrogens with zero attached hydrogens (tertiary/aromatic N) is 3. The number of aryl methyl sites for hydroxylation is 4. The molecule has 3 N–H and O–H groups in total. The molecule has 0 unspecified atom stereocenters. The average molecular weight is 335 g/mol. The van der Waals surface area contributed by atoms with Crippen LogP contribution >= 0.6 is 0 Å². The molecule has 0 aliphatic carbocycles. The first-order valence-corrected chi connectivity index (χ1v) is 8.03. The monoisotopic (exact) mass is 335 g/mol. The maximum atomic E-state index is 12.6. The van der Waals surface area contributed by atoms with Gasteiger partial charge in [0, 0.05) is 5.69 Å². The summed E-state index contributed by atoms with van der Waals surface area (Å²) >= 11 is 0. The fraction of sp³-hybridized carbons (Fsp3) is 0.211. The van der Waals surface area contributed by atoms with Crippen LogP contribution in [-0.2, 0) is 0 Å². The van der Waals surface area contributed by atoms with Gasteiger partial charge in [-0.05, 0) is 68.1 Å². The lowest BCUT2D eigenvalue weighted by atomic mass is 10.1. The molecule has 1 aromatic heterocycles. The van der Waals surface area contributed by atoms with E-state index in [2.05, 4.69) is 21.7 Å². The molecule has 6 nitrogen and oxygen atoms in total. The largest absolute Gasteiger partial charge is 0.382 e. The third-order valence-electron chi connectivity index (χ3n) is 4.01. The summed E-state index contributed by atoms with van der Waals surface area (Å²) in [4.78, 5) is 12.6. The highest BCUT2D eigenvalue weighted by atomic mass is 16.2. The summed E-state index contributed by atoms with van der Waals surface area (Å²) in [5.41, 5.74) is 12.0. The topological polar surface area (TPSA) is 85.8 Å². The van der Waals surface area contributed by atoms with Crippen molar-refractivity contribution in [1.82, 2.24) is 15.0 Å². The lowest BCUT2D eigenvalue weighted by molar-refractivity contribution is 0.102. The van der Waals surface area contributed by atoms with Gasteiger partial charge < -0.3 is 11.1 Å². The Morgan fingerprint density at radius 2 is 1.68 bits per heavy atom. The normalized spacial score (nSPS) is 10.7. The third kappa shape index (κ3) is 3.38. The Hall–Kier alpha value is -3.15. The Morgan fingerprint density at radius 3 is 2.36 bits per heavy atom. The standard InChI is InChI=1S/C19H21N5O/c1-11-5-6-14(4)16(10-11)21-19(25)17-18(20)24(23-22-17)15-8-12(2)7-13(3)9-15/h5-10H,20H2,1-4H3,(H,21,25). The van der Waals surface area contributed by atoms with Crippen molar-refractivity contribution in [2.75, 3.05) is 11.1 Å². The summed E-state index contributed by atoms with van der Waals surface area (Å²) in [7, 11) is 0. The van der Waals surface area contributed by atoms with E-state index in [0.29, 0.717) is 0 Å². The summed E-state index contributed by atoms with van der Waals surface area (Å²) in [6, 6.07) is 11.8. The number of anilines is 2. The first-order valence-electron chi connectivity index (χ1n) is 8.03. The molecular formula is C19H21N5O. The predicted octanol–water partition coefficient (Wildman–Crippen LogP) is 3.34. The Labute approximate surface area is 146 Å². The van der Waals surface area contributed by atoms with Gasteiger partial charge >= 0.3 is 0 Å². The smallest absolute Gasteiger partial charge is 0.280 e. The van der Waals surface area contributed by atoms with Crippen molar-refractivity contribution in [2.45, 2.75) is 27.7 Å². The van der Waals surface area contributed by atoms with Gasteiger partial charge in [0.1, 0.15) is 0 Å². The molecule has 128 valence electrons. The van der Waals surface area contributed by atoms with Crippen molar-refractivity contribution >= 4 is 17.4 Å². The summed E-state index contributed by atoms with van der Waals surface area (Å²) in [6.07, 6.45) is 0. The van der Waals surface area contributed by atoms with Crippen molar-refractivity contribution in [1.29, 1.82) is 0 Å². The lowest BCUT2D eigenvalue weighted by Gasteiger charge is -2.09. The average Bonchev–Trinajstić information content (AvgIpc) is 2.91. The number of carbonyl (C=O) groups excluding carboxylic acids is 1. The van der Waals surface area contributed by atoms with E-state index in [4.69, 9.17) is 5.73 Å². The molecule has 3 rings (SSSR count). The van der Waals surface area contributed by atoms with Gasteiger partial charge in [0.25, 0.3) is 5.91 Å². The molecule has 2 aromatic carbocycles. The highest BCUT2D eigenvalue weighted by Crippen LogP contribution is 2.21. The molecule has 1 heterocycles. The number of nitrogens with one attached hydrogen (secondary N) is 1. The first-order chi connectivity index (χ1) is 11.8. The molecule has 0 aliphatic rings. The summed E-state index contributed by atoms with van der Waals surface area (Å²) < 4.78 is 1.48. The van der Waals surface area contributed by atoms with E-state index in [9.17, 15) is 4.79 Å². The molecule has 0 spiro atoms. The summed E-state index contributed by atoms with van der Waals surface area (Å²) in [6.45, 7) is 7.90. The molecule has 6 heteroatoms. The predicted molar refractivity (Wildman–Crippen MR) is 99.1 cm³/mol. The molecule has 0 atom stereocenters. The minimum Gasteiger partial charge on any atom is -0.382 e. The van der Waals surface area contributed by atoms with Crippen LogP contribution < -0.4 is 11.1 Å². The van der Waals surface area contributed by atoms with Crippen LogP contribution in [-0.4, -0.2) is 20.9 Å². The quantitative estimate of drug-likeness (QED) is 0.768. The van der Waals surface area contributed by atoms with E-state index in [-0.39, 0.29) is 17.4 Å². The van der Waals surface area contributed by atoms with Gasteiger partial charge in [-0.1, -0.05) is 23.4 Å². The number of carbonyl (C=O) groups is 1. The number of amides is 1. The van der Waals surface area contributed by atoms with Crippen LogP contribution in [0.25, 0.3) is 5.69 Å². The van der Waals surface area contributed by atoms with Gasteiger partial charge in [0.15, 0.2) is 11.5 Å². The zero-order chi connectivity index (χ0) is 18.1. The highest BCUT2D eigenvalue weighted by molar-refractivity contribution is 6.06. The van der Waals surface area contributed by atoms with Gasteiger partial charge in [-0.15, -0.1) is 5.10 Å². The Balaban J connectivity index is 1.92. The van der Waals surface area contributed by atoms with E-state index in [1.165, 1.54) is 4.68 Å². The molecule has 1 amide bonds. The number of aromatic nitrogens is 3. The number of rotatable bonds is 3. The van der Waals surface area contributed by atoms with Crippen LogP contribution in [0.2, 0.25) is 0 Å². The van der Waals surface area contributed by atoms with Crippen LogP contribution in [0.15, 0.2) is 36.4 Å².